The largest absolute Gasteiger partial charge is 0.341 e. The van der Waals surface area contributed by atoms with Gasteiger partial charge in [-0.3, -0.25) is 4.79 Å². The molecule has 132 valence electrons. The molecule has 1 fully saturated rings. The normalized spacial score (nSPS) is 17.2. The number of hydrogen-bond donors (Lipinski definition) is 0. The molecule has 0 aliphatic carbocycles. The minimum absolute atomic E-state index is 0.118. The predicted molar refractivity (Wildman–Crippen MR) is 96.8 cm³/mol. The van der Waals surface area contributed by atoms with Gasteiger partial charge in [0.2, 0.25) is 15.9 Å². The number of aryl methyl sites for hydroxylation is 1. The molecular weight excluding hydrogens is 324 g/mol. The van der Waals surface area contributed by atoms with Gasteiger partial charge in [-0.2, -0.15) is 4.31 Å². The molecule has 0 spiro atoms. The van der Waals surface area contributed by atoms with Crippen LogP contribution in [0.1, 0.15) is 37.3 Å². The van der Waals surface area contributed by atoms with Crippen molar-refractivity contribution in [2.45, 2.75) is 33.1 Å². The van der Waals surface area contributed by atoms with Crippen molar-refractivity contribution >= 4 is 22.0 Å². The summed E-state index contributed by atoms with van der Waals surface area (Å²) in [5.74, 6) is 0.118. The zero-order valence-corrected chi connectivity index (χ0v) is 15.3. The van der Waals surface area contributed by atoms with Crippen LogP contribution in [0.2, 0.25) is 0 Å². The Morgan fingerprint density at radius 3 is 2.50 bits per heavy atom. The average Bonchev–Trinajstić information content (AvgIpc) is 2.81. The number of carbonyl (C=O) groups is 1. The molecule has 1 aliphatic heterocycles. The summed E-state index contributed by atoms with van der Waals surface area (Å²) in [5, 5.41) is 1.27. The second-order valence-corrected chi connectivity index (χ2v) is 7.96. The van der Waals surface area contributed by atoms with Crippen molar-refractivity contribution in [1.82, 2.24) is 9.21 Å². The average molecular weight is 350 g/mol. The van der Waals surface area contributed by atoms with Crippen molar-refractivity contribution in [2.75, 3.05) is 26.2 Å². The van der Waals surface area contributed by atoms with Gasteiger partial charge in [0.25, 0.3) is 0 Å². The van der Waals surface area contributed by atoms with Gasteiger partial charge >= 0.3 is 0 Å². The number of rotatable bonds is 5. The Labute approximate surface area is 145 Å². The molecule has 0 unspecified atom stereocenters. The molecule has 0 N–H and O–H groups in total. The third-order valence-corrected chi connectivity index (χ3v) is 5.71. The Balaban J connectivity index is 2.01. The maximum Gasteiger partial charge on any atom is 0.236 e. The maximum absolute atomic E-state index is 12.5. The molecule has 6 heteroatoms. The van der Waals surface area contributed by atoms with Crippen LogP contribution < -0.4 is 0 Å². The van der Waals surface area contributed by atoms with E-state index < -0.39 is 10.0 Å². The van der Waals surface area contributed by atoms with Crippen LogP contribution >= 0.6 is 0 Å². The SMILES string of the molecule is CCCC(=O)N1CCCN(S(=O)(=O)C=Cc2ccc(C)cc2)CC1. The summed E-state index contributed by atoms with van der Waals surface area (Å²) < 4.78 is 26.5. The Morgan fingerprint density at radius 1 is 1.12 bits per heavy atom. The summed E-state index contributed by atoms with van der Waals surface area (Å²) in [5.41, 5.74) is 2.00. The predicted octanol–water partition coefficient (Wildman–Crippen LogP) is 2.63. The Hall–Kier alpha value is -1.66. The molecule has 24 heavy (non-hydrogen) atoms. The summed E-state index contributed by atoms with van der Waals surface area (Å²) in [6.07, 6.45) is 3.64. The third-order valence-electron chi connectivity index (χ3n) is 4.14. The molecule has 1 aromatic rings. The van der Waals surface area contributed by atoms with Gasteiger partial charge in [-0.25, -0.2) is 8.42 Å². The van der Waals surface area contributed by atoms with E-state index in [9.17, 15) is 13.2 Å². The standard InChI is InChI=1S/C18H26N2O3S/c1-3-5-18(21)19-11-4-12-20(14-13-19)24(22,23)15-10-17-8-6-16(2)7-9-17/h6-10,15H,3-5,11-14H2,1-2H3. The second-order valence-electron chi connectivity index (χ2n) is 6.14. The van der Waals surface area contributed by atoms with E-state index in [4.69, 9.17) is 0 Å². The molecule has 0 atom stereocenters. The van der Waals surface area contributed by atoms with E-state index in [2.05, 4.69) is 0 Å². The fourth-order valence-corrected chi connectivity index (χ4v) is 3.92. The highest BCUT2D eigenvalue weighted by atomic mass is 32.2. The molecule has 0 saturated carbocycles. The molecule has 0 bridgehead atoms. The van der Waals surface area contributed by atoms with Crippen LogP contribution in [-0.2, 0) is 14.8 Å². The van der Waals surface area contributed by atoms with Crippen molar-refractivity contribution in [3.05, 3.63) is 40.8 Å². The van der Waals surface area contributed by atoms with Crippen molar-refractivity contribution in [3.8, 4) is 0 Å². The first-order chi connectivity index (χ1) is 11.4. The zero-order valence-electron chi connectivity index (χ0n) is 14.4. The van der Waals surface area contributed by atoms with Crippen molar-refractivity contribution < 1.29 is 13.2 Å². The van der Waals surface area contributed by atoms with Gasteiger partial charge in [0.15, 0.2) is 0 Å². The molecule has 5 nitrogen and oxygen atoms in total. The van der Waals surface area contributed by atoms with Gasteiger partial charge in [-0.1, -0.05) is 36.8 Å². The number of carbonyl (C=O) groups excluding carboxylic acids is 1. The lowest BCUT2D eigenvalue weighted by atomic mass is 10.2. The van der Waals surface area contributed by atoms with Crippen LogP contribution in [0.5, 0.6) is 0 Å². The summed E-state index contributed by atoms with van der Waals surface area (Å²) in [4.78, 5) is 13.8. The fraction of sp³-hybridized carbons (Fsp3) is 0.500. The minimum atomic E-state index is -3.46. The molecule has 1 aliphatic rings. The van der Waals surface area contributed by atoms with Gasteiger partial charge in [0.1, 0.15) is 0 Å². The quantitative estimate of drug-likeness (QED) is 0.820. The molecular formula is C18H26N2O3S. The van der Waals surface area contributed by atoms with Gasteiger partial charge in [-0.05, 0) is 31.4 Å². The number of benzene rings is 1. The minimum Gasteiger partial charge on any atom is -0.341 e. The Bertz CT molecular complexity index is 681. The molecule has 1 amide bonds. The highest BCUT2D eigenvalue weighted by molar-refractivity contribution is 7.92. The van der Waals surface area contributed by atoms with Gasteiger partial charge in [0.05, 0.1) is 0 Å². The van der Waals surface area contributed by atoms with Crippen molar-refractivity contribution in [1.29, 1.82) is 0 Å². The molecule has 1 saturated heterocycles. The Morgan fingerprint density at radius 2 is 1.83 bits per heavy atom. The molecule has 1 heterocycles. The molecule has 2 rings (SSSR count). The van der Waals surface area contributed by atoms with Gasteiger partial charge in [-0.15, -0.1) is 0 Å². The lowest BCUT2D eigenvalue weighted by Crippen LogP contribution is -2.36. The zero-order chi connectivity index (χ0) is 17.6. The van der Waals surface area contributed by atoms with E-state index in [1.165, 1.54) is 9.71 Å². The first-order valence-electron chi connectivity index (χ1n) is 8.45. The van der Waals surface area contributed by atoms with E-state index in [1.807, 2.05) is 38.1 Å². The van der Waals surface area contributed by atoms with Crippen LogP contribution in [0.3, 0.4) is 0 Å². The monoisotopic (exact) mass is 350 g/mol. The summed E-state index contributed by atoms with van der Waals surface area (Å²) in [6, 6.07) is 7.70. The first kappa shape index (κ1) is 18.7. The van der Waals surface area contributed by atoms with E-state index in [1.54, 1.807) is 11.0 Å². The Kier molecular flexibility index (Phi) is 6.57. The van der Waals surface area contributed by atoms with Gasteiger partial charge < -0.3 is 4.90 Å². The first-order valence-corrected chi connectivity index (χ1v) is 9.95. The van der Waals surface area contributed by atoms with E-state index in [0.717, 1.165) is 17.5 Å². The topological polar surface area (TPSA) is 57.7 Å². The van der Waals surface area contributed by atoms with E-state index in [-0.39, 0.29) is 5.91 Å². The lowest BCUT2D eigenvalue weighted by molar-refractivity contribution is -0.131. The number of hydrogen-bond acceptors (Lipinski definition) is 3. The van der Waals surface area contributed by atoms with Gasteiger partial charge in [0, 0.05) is 38.0 Å². The summed E-state index contributed by atoms with van der Waals surface area (Å²) in [7, 11) is -3.46. The lowest BCUT2D eigenvalue weighted by Gasteiger charge is -2.21. The third kappa shape index (κ3) is 5.18. The number of sulfonamides is 1. The number of amides is 1. The van der Waals surface area contributed by atoms with Crippen LogP contribution in [0, 0.1) is 6.92 Å². The van der Waals surface area contributed by atoms with Crippen molar-refractivity contribution in [2.24, 2.45) is 0 Å². The molecule has 0 aromatic heterocycles. The van der Waals surface area contributed by atoms with E-state index in [0.29, 0.717) is 39.0 Å². The second kappa shape index (κ2) is 8.44. The highest BCUT2D eigenvalue weighted by Gasteiger charge is 2.24. The molecule has 1 aromatic carbocycles. The maximum atomic E-state index is 12.5. The summed E-state index contributed by atoms with van der Waals surface area (Å²) in [6.45, 7) is 5.88. The number of nitrogens with zero attached hydrogens (tertiary/aromatic N) is 2. The van der Waals surface area contributed by atoms with E-state index >= 15 is 0 Å². The fourth-order valence-electron chi connectivity index (χ4n) is 2.70. The van der Waals surface area contributed by atoms with Crippen molar-refractivity contribution in [3.63, 3.8) is 0 Å². The molecule has 0 radical (unpaired) electrons. The summed E-state index contributed by atoms with van der Waals surface area (Å²) >= 11 is 0. The smallest absolute Gasteiger partial charge is 0.236 e. The van der Waals surface area contributed by atoms with Crippen LogP contribution in [0.25, 0.3) is 6.08 Å². The highest BCUT2D eigenvalue weighted by Crippen LogP contribution is 2.13. The van der Waals surface area contributed by atoms with Crippen LogP contribution in [0.15, 0.2) is 29.7 Å². The van der Waals surface area contributed by atoms with Crippen LogP contribution in [0.4, 0.5) is 0 Å². The van der Waals surface area contributed by atoms with Crippen LogP contribution in [-0.4, -0.2) is 49.7 Å².